The lowest BCUT2D eigenvalue weighted by molar-refractivity contribution is -0.131. The molecular weight excluding hydrogens is 360 g/mol. The number of nitrogens with zero attached hydrogens (tertiary/aromatic N) is 2. The van der Waals surface area contributed by atoms with Crippen molar-refractivity contribution in [2.45, 2.75) is 19.4 Å². The summed E-state index contributed by atoms with van der Waals surface area (Å²) in [6.45, 7) is 3.06. The minimum Gasteiger partial charge on any atom is -0.497 e. The van der Waals surface area contributed by atoms with Crippen molar-refractivity contribution in [1.29, 1.82) is 0 Å². The van der Waals surface area contributed by atoms with Crippen LogP contribution in [0.25, 0.3) is 0 Å². The number of benzene rings is 2. The molecule has 4 amide bonds. The standard InChI is InChI=1S/C20H20N4O4/c1-13(25)22-16-8-4-14(5-9-16)12-21-24-18(26)20(2,23-19(24)27)15-6-10-17(28-3)11-7-15/h4-12H,1-3H3,(H,22,25)(H,23,27)/b21-12-/t20-/m1/s1. The lowest BCUT2D eigenvalue weighted by Gasteiger charge is -2.21. The Morgan fingerprint density at radius 2 is 1.79 bits per heavy atom. The molecule has 0 unspecified atom stereocenters. The van der Waals surface area contributed by atoms with Crippen molar-refractivity contribution in [3.63, 3.8) is 0 Å². The maximum absolute atomic E-state index is 12.8. The van der Waals surface area contributed by atoms with E-state index in [9.17, 15) is 14.4 Å². The number of anilines is 1. The Bertz CT molecular complexity index is 938. The molecule has 0 bridgehead atoms. The third kappa shape index (κ3) is 3.71. The monoisotopic (exact) mass is 380 g/mol. The van der Waals surface area contributed by atoms with E-state index in [2.05, 4.69) is 15.7 Å². The summed E-state index contributed by atoms with van der Waals surface area (Å²) in [6.07, 6.45) is 1.41. The summed E-state index contributed by atoms with van der Waals surface area (Å²) in [6, 6.07) is 13.1. The van der Waals surface area contributed by atoms with E-state index in [0.717, 1.165) is 5.01 Å². The highest BCUT2D eigenvalue weighted by Crippen LogP contribution is 2.30. The first-order valence-corrected chi connectivity index (χ1v) is 8.56. The van der Waals surface area contributed by atoms with Gasteiger partial charge in [-0.1, -0.05) is 24.3 Å². The number of imide groups is 1. The molecule has 0 saturated carbocycles. The van der Waals surface area contributed by atoms with Crippen LogP contribution >= 0.6 is 0 Å². The number of urea groups is 1. The van der Waals surface area contributed by atoms with E-state index < -0.39 is 17.5 Å². The van der Waals surface area contributed by atoms with Gasteiger partial charge in [-0.3, -0.25) is 9.59 Å². The summed E-state index contributed by atoms with van der Waals surface area (Å²) in [4.78, 5) is 36.2. The fraction of sp³-hybridized carbons (Fsp3) is 0.200. The third-order valence-electron chi connectivity index (χ3n) is 4.39. The molecule has 2 aromatic rings. The zero-order valence-electron chi connectivity index (χ0n) is 15.7. The first-order valence-electron chi connectivity index (χ1n) is 8.56. The van der Waals surface area contributed by atoms with Crippen LogP contribution in [0.3, 0.4) is 0 Å². The molecule has 1 fully saturated rings. The Labute approximate surface area is 162 Å². The van der Waals surface area contributed by atoms with E-state index in [1.807, 2.05) is 0 Å². The van der Waals surface area contributed by atoms with E-state index in [1.165, 1.54) is 13.1 Å². The van der Waals surface area contributed by atoms with Gasteiger partial charge in [0.25, 0.3) is 5.91 Å². The van der Waals surface area contributed by atoms with Crippen molar-refractivity contribution >= 4 is 29.7 Å². The maximum Gasteiger partial charge on any atom is 0.346 e. The van der Waals surface area contributed by atoms with Gasteiger partial charge in [0.05, 0.1) is 13.3 Å². The van der Waals surface area contributed by atoms with E-state index in [4.69, 9.17) is 4.74 Å². The molecule has 0 aromatic heterocycles. The van der Waals surface area contributed by atoms with Gasteiger partial charge in [-0.15, -0.1) is 5.01 Å². The molecule has 1 aliphatic heterocycles. The van der Waals surface area contributed by atoms with Gasteiger partial charge >= 0.3 is 6.03 Å². The summed E-state index contributed by atoms with van der Waals surface area (Å²) < 4.78 is 5.12. The van der Waals surface area contributed by atoms with Crippen LogP contribution in [0.5, 0.6) is 5.75 Å². The number of nitrogens with one attached hydrogen (secondary N) is 2. The lowest BCUT2D eigenvalue weighted by atomic mass is 9.92. The average Bonchev–Trinajstić information content (AvgIpc) is 2.90. The first-order chi connectivity index (χ1) is 13.3. The summed E-state index contributed by atoms with van der Waals surface area (Å²) >= 11 is 0. The number of hydrogen-bond acceptors (Lipinski definition) is 5. The molecule has 0 radical (unpaired) electrons. The van der Waals surface area contributed by atoms with E-state index >= 15 is 0 Å². The number of carbonyl (C=O) groups is 3. The van der Waals surface area contributed by atoms with Crippen LogP contribution in [0, 0.1) is 0 Å². The molecule has 1 atom stereocenters. The molecule has 1 saturated heterocycles. The summed E-state index contributed by atoms with van der Waals surface area (Å²) in [5.41, 5.74) is 0.735. The summed E-state index contributed by atoms with van der Waals surface area (Å²) in [5.74, 6) is 0.00839. The highest BCUT2D eigenvalue weighted by atomic mass is 16.5. The van der Waals surface area contributed by atoms with Gasteiger partial charge in [0.1, 0.15) is 11.3 Å². The van der Waals surface area contributed by atoms with Gasteiger partial charge in [-0.05, 0) is 42.3 Å². The third-order valence-corrected chi connectivity index (χ3v) is 4.39. The molecule has 8 nitrogen and oxygen atoms in total. The van der Waals surface area contributed by atoms with Gasteiger partial charge in [0, 0.05) is 12.6 Å². The zero-order valence-corrected chi connectivity index (χ0v) is 15.7. The van der Waals surface area contributed by atoms with Gasteiger partial charge < -0.3 is 15.4 Å². The molecule has 0 aliphatic carbocycles. The second-order valence-corrected chi connectivity index (χ2v) is 6.45. The fourth-order valence-corrected chi connectivity index (χ4v) is 2.83. The first kappa shape index (κ1) is 19.1. The Morgan fingerprint density at radius 3 is 2.36 bits per heavy atom. The molecule has 1 heterocycles. The SMILES string of the molecule is COc1ccc([C@@]2(C)NC(=O)N(/N=C\c3ccc(NC(C)=O)cc3)C2=O)cc1. The zero-order chi connectivity index (χ0) is 20.3. The maximum atomic E-state index is 12.8. The summed E-state index contributed by atoms with van der Waals surface area (Å²) in [7, 11) is 1.55. The van der Waals surface area contributed by atoms with Gasteiger partial charge in [0.2, 0.25) is 5.91 Å². The molecule has 2 aromatic carbocycles. The average molecular weight is 380 g/mol. The smallest absolute Gasteiger partial charge is 0.346 e. The van der Waals surface area contributed by atoms with Gasteiger partial charge in [0.15, 0.2) is 0 Å². The normalized spacial score (nSPS) is 19.0. The number of hydrogen-bond donors (Lipinski definition) is 2. The summed E-state index contributed by atoms with van der Waals surface area (Å²) in [5, 5.41) is 10.2. The van der Waals surface area contributed by atoms with Gasteiger partial charge in [-0.2, -0.15) is 5.10 Å². The van der Waals surface area contributed by atoms with Gasteiger partial charge in [-0.25, -0.2) is 4.79 Å². The highest BCUT2D eigenvalue weighted by molar-refractivity contribution is 6.07. The molecule has 144 valence electrons. The number of amides is 4. The van der Waals surface area contributed by atoms with Crippen molar-refractivity contribution in [2.75, 3.05) is 12.4 Å². The number of carbonyl (C=O) groups excluding carboxylic acids is 3. The quantitative estimate of drug-likeness (QED) is 0.615. The number of hydrazone groups is 1. The number of rotatable bonds is 5. The Balaban J connectivity index is 1.77. The minimum absolute atomic E-state index is 0.168. The van der Waals surface area contributed by atoms with Crippen molar-refractivity contribution in [3.8, 4) is 5.75 Å². The van der Waals surface area contributed by atoms with Crippen LogP contribution < -0.4 is 15.4 Å². The fourth-order valence-electron chi connectivity index (χ4n) is 2.83. The second-order valence-electron chi connectivity index (χ2n) is 6.45. The minimum atomic E-state index is -1.21. The van der Waals surface area contributed by atoms with Crippen LogP contribution in [0.15, 0.2) is 53.6 Å². The largest absolute Gasteiger partial charge is 0.497 e. The second kappa shape index (κ2) is 7.51. The van der Waals surface area contributed by atoms with E-state index in [0.29, 0.717) is 22.6 Å². The topological polar surface area (TPSA) is 100 Å². The number of ether oxygens (including phenoxy) is 1. The molecule has 0 spiro atoms. The Kier molecular flexibility index (Phi) is 5.12. The molecule has 2 N–H and O–H groups in total. The molecule has 3 rings (SSSR count). The van der Waals surface area contributed by atoms with Crippen molar-refractivity contribution in [3.05, 3.63) is 59.7 Å². The van der Waals surface area contributed by atoms with Crippen molar-refractivity contribution in [1.82, 2.24) is 10.3 Å². The van der Waals surface area contributed by atoms with Crippen molar-refractivity contribution < 1.29 is 19.1 Å². The van der Waals surface area contributed by atoms with Crippen LogP contribution in [-0.4, -0.2) is 36.2 Å². The van der Waals surface area contributed by atoms with Crippen LogP contribution in [-0.2, 0) is 15.1 Å². The van der Waals surface area contributed by atoms with Crippen LogP contribution in [0.4, 0.5) is 10.5 Å². The van der Waals surface area contributed by atoms with E-state index in [1.54, 1.807) is 62.6 Å². The molecule has 8 heteroatoms. The number of methoxy groups -OCH3 is 1. The Hall–Kier alpha value is -3.68. The lowest BCUT2D eigenvalue weighted by Crippen LogP contribution is -2.40. The Morgan fingerprint density at radius 1 is 1.14 bits per heavy atom. The van der Waals surface area contributed by atoms with Crippen molar-refractivity contribution in [2.24, 2.45) is 5.10 Å². The highest BCUT2D eigenvalue weighted by Gasteiger charge is 2.49. The predicted octanol–water partition coefficient (Wildman–Crippen LogP) is 2.45. The van der Waals surface area contributed by atoms with Crippen LogP contribution in [0.1, 0.15) is 25.0 Å². The molecule has 1 aliphatic rings. The predicted molar refractivity (Wildman–Crippen MR) is 104 cm³/mol. The molecular formula is C20H20N4O4. The van der Waals surface area contributed by atoms with Crippen LogP contribution in [0.2, 0.25) is 0 Å². The van der Waals surface area contributed by atoms with E-state index in [-0.39, 0.29) is 5.91 Å². The molecule has 28 heavy (non-hydrogen) atoms.